The third kappa shape index (κ3) is 6.25. The fourth-order valence-electron chi connectivity index (χ4n) is 3.87. The highest BCUT2D eigenvalue weighted by Crippen LogP contribution is 2.32. The van der Waals surface area contributed by atoms with Crippen LogP contribution in [0.2, 0.25) is 0 Å². The molecule has 2 amide bonds. The molecule has 34 heavy (non-hydrogen) atoms. The fourth-order valence-corrected chi connectivity index (χ4v) is 3.87. The average Bonchev–Trinajstić information content (AvgIpc) is 2.83. The SMILES string of the molecule is CCc1ccccc1NC(=O)c1ccc(OCC(=O)Nc2c(C(C)C)cccc2C(C)C)cc1. The summed E-state index contributed by atoms with van der Waals surface area (Å²) in [5.41, 5.74) is 5.52. The van der Waals surface area contributed by atoms with Gasteiger partial charge in [-0.15, -0.1) is 0 Å². The summed E-state index contributed by atoms with van der Waals surface area (Å²) in [4.78, 5) is 25.3. The average molecular weight is 459 g/mol. The summed E-state index contributed by atoms with van der Waals surface area (Å²) in [6.07, 6.45) is 0.839. The van der Waals surface area contributed by atoms with E-state index in [4.69, 9.17) is 4.74 Å². The lowest BCUT2D eigenvalue weighted by atomic mass is 9.92. The van der Waals surface area contributed by atoms with Crippen molar-refractivity contribution >= 4 is 23.2 Å². The lowest BCUT2D eigenvalue weighted by molar-refractivity contribution is -0.118. The van der Waals surface area contributed by atoms with E-state index in [1.54, 1.807) is 24.3 Å². The second kappa shape index (κ2) is 11.5. The van der Waals surface area contributed by atoms with Crippen LogP contribution in [-0.2, 0) is 11.2 Å². The molecule has 0 aliphatic carbocycles. The number of amides is 2. The zero-order valence-corrected chi connectivity index (χ0v) is 20.6. The van der Waals surface area contributed by atoms with E-state index < -0.39 is 0 Å². The summed E-state index contributed by atoms with van der Waals surface area (Å²) >= 11 is 0. The van der Waals surface area contributed by atoms with Crippen LogP contribution in [0.3, 0.4) is 0 Å². The highest BCUT2D eigenvalue weighted by Gasteiger charge is 2.16. The minimum absolute atomic E-state index is 0.112. The van der Waals surface area contributed by atoms with E-state index in [9.17, 15) is 9.59 Å². The van der Waals surface area contributed by atoms with E-state index in [0.717, 1.165) is 34.5 Å². The first-order valence-corrected chi connectivity index (χ1v) is 11.8. The predicted octanol–water partition coefficient (Wildman–Crippen LogP) is 6.77. The summed E-state index contributed by atoms with van der Waals surface area (Å²) in [5.74, 6) is 0.711. The Labute approximate surface area is 202 Å². The molecule has 0 aromatic heterocycles. The van der Waals surface area contributed by atoms with E-state index in [0.29, 0.717) is 11.3 Å². The number of carbonyl (C=O) groups excluding carboxylic acids is 2. The van der Waals surface area contributed by atoms with Gasteiger partial charge in [0.2, 0.25) is 0 Å². The number of para-hydroxylation sites is 2. The fraction of sp³-hybridized carbons (Fsp3) is 0.310. The number of hydrogen-bond acceptors (Lipinski definition) is 3. The first kappa shape index (κ1) is 25.0. The standard InChI is InChI=1S/C29H34N2O3/c1-6-21-10-7-8-13-26(21)30-29(33)22-14-16-23(17-15-22)34-18-27(32)31-28-24(19(2)3)11-9-12-25(28)20(4)5/h7-17,19-20H,6,18H2,1-5H3,(H,30,33)(H,31,32). The summed E-state index contributed by atoms with van der Waals surface area (Å²) in [7, 11) is 0. The summed E-state index contributed by atoms with van der Waals surface area (Å²) in [6.45, 7) is 10.4. The predicted molar refractivity (Wildman–Crippen MR) is 139 cm³/mol. The lowest BCUT2D eigenvalue weighted by Gasteiger charge is -2.20. The molecule has 0 bridgehead atoms. The minimum atomic E-state index is -0.215. The maximum Gasteiger partial charge on any atom is 0.262 e. The van der Waals surface area contributed by atoms with Gasteiger partial charge in [0, 0.05) is 16.9 Å². The molecule has 5 nitrogen and oxygen atoms in total. The van der Waals surface area contributed by atoms with Crippen molar-refractivity contribution in [2.45, 2.75) is 52.9 Å². The molecule has 178 valence electrons. The zero-order valence-electron chi connectivity index (χ0n) is 20.6. The van der Waals surface area contributed by atoms with Crippen LogP contribution in [0.1, 0.15) is 73.5 Å². The highest BCUT2D eigenvalue weighted by atomic mass is 16.5. The first-order valence-electron chi connectivity index (χ1n) is 11.8. The third-order valence-electron chi connectivity index (χ3n) is 5.77. The van der Waals surface area contributed by atoms with E-state index in [-0.39, 0.29) is 30.3 Å². The zero-order chi connectivity index (χ0) is 24.7. The van der Waals surface area contributed by atoms with Gasteiger partial charge in [-0.25, -0.2) is 0 Å². The van der Waals surface area contributed by atoms with Crippen LogP contribution in [0.5, 0.6) is 5.75 Å². The molecule has 3 rings (SSSR count). The molecule has 0 heterocycles. The van der Waals surface area contributed by atoms with Crippen LogP contribution in [-0.4, -0.2) is 18.4 Å². The van der Waals surface area contributed by atoms with Gasteiger partial charge < -0.3 is 15.4 Å². The Morgan fingerprint density at radius 1 is 0.794 bits per heavy atom. The number of rotatable bonds is 9. The van der Waals surface area contributed by atoms with Gasteiger partial charge in [0.05, 0.1) is 0 Å². The molecular formula is C29H34N2O3. The van der Waals surface area contributed by atoms with Gasteiger partial charge in [-0.3, -0.25) is 9.59 Å². The maximum atomic E-state index is 12.7. The van der Waals surface area contributed by atoms with Crippen molar-refractivity contribution in [3.05, 3.63) is 89.0 Å². The molecule has 0 spiro atoms. The van der Waals surface area contributed by atoms with Crippen molar-refractivity contribution < 1.29 is 14.3 Å². The van der Waals surface area contributed by atoms with Crippen LogP contribution in [0.4, 0.5) is 11.4 Å². The second-order valence-corrected chi connectivity index (χ2v) is 8.95. The molecule has 0 unspecified atom stereocenters. The molecule has 0 saturated carbocycles. The number of hydrogen-bond donors (Lipinski definition) is 2. The molecule has 5 heteroatoms. The number of carbonyl (C=O) groups is 2. The molecule has 2 N–H and O–H groups in total. The van der Waals surface area contributed by atoms with Crippen LogP contribution >= 0.6 is 0 Å². The highest BCUT2D eigenvalue weighted by molar-refractivity contribution is 6.04. The third-order valence-corrected chi connectivity index (χ3v) is 5.77. The van der Waals surface area contributed by atoms with Crippen LogP contribution in [0.15, 0.2) is 66.7 Å². The molecular weight excluding hydrogens is 424 g/mol. The first-order chi connectivity index (χ1) is 16.3. The van der Waals surface area contributed by atoms with Gasteiger partial charge in [-0.1, -0.05) is 71.0 Å². The Morgan fingerprint density at radius 2 is 1.41 bits per heavy atom. The van der Waals surface area contributed by atoms with Crippen molar-refractivity contribution in [1.82, 2.24) is 0 Å². The number of nitrogens with one attached hydrogen (secondary N) is 2. The number of aryl methyl sites for hydroxylation is 1. The van der Waals surface area contributed by atoms with Gasteiger partial charge in [0.1, 0.15) is 5.75 Å². The van der Waals surface area contributed by atoms with E-state index in [1.165, 1.54) is 0 Å². The Balaban J connectivity index is 1.62. The molecule has 0 atom stereocenters. The summed E-state index contributed by atoms with van der Waals surface area (Å²) < 4.78 is 5.69. The Morgan fingerprint density at radius 3 is 2.00 bits per heavy atom. The van der Waals surface area contributed by atoms with Gasteiger partial charge in [-0.05, 0) is 65.3 Å². The number of ether oxygens (including phenoxy) is 1. The van der Waals surface area contributed by atoms with Crippen molar-refractivity contribution in [3.8, 4) is 5.75 Å². The Hall–Kier alpha value is -3.60. The Kier molecular flexibility index (Phi) is 8.47. The molecule has 0 aliphatic rings. The molecule has 0 radical (unpaired) electrons. The number of anilines is 2. The molecule has 0 fully saturated rings. The minimum Gasteiger partial charge on any atom is -0.484 e. The molecule has 3 aromatic rings. The van der Waals surface area contributed by atoms with E-state index in [1.807, 2.05) is 30.3 Å². The van der Waals surface area contributed by atoms with Crippen molar-refractivity contribution in [3.63, 3.8) is 0 Å². The van der Waals surface area contributed by atoms with Gasteiger partial charge in [0.25, 0.3) is 11.8 Å². The van der Waals surface area contributed by atoms with E-state index >= 15 is 0 Å². The largest absolute Gasteiger partial charge is 0.484 e. The van der Waals surface area contributed by atoms with Crippen molar-refractivity contribution in [1.29, 1.82) is 0 Å². The van der Waals surface area contributed by atoms with Crippen LogP contribution in [0, 0.1) is 0 Å². The van der Waals surface area contributed by atoms with Crippen LogP contribution in [0.25, 0.3) is 0 Å². The number of benzene rings is 3. The monoisotopic (exact) mass is 458 g/mol. The van der Waals surface area contributed by atoms with Gasteiger partial charge in [0.15, 0.2) is 6.61 Å². The lowest BCUT2D eigenvalue weighted by Crippen LogP contribution is -2.22. The van der Waals surface area contributed by atoms with Gasteiger partial charge >= 0.3 is 0 Å². The Bertz CT molecular complexity index is 1110. The van der Waals surface area contributed by atoms with Crippen molar-refractivity contribution in [2.75, 3.05) is 17.2 Å². The molecule has 3 aromatic carbocycles. The quantitative estimate of drug-likeness (QED) is 0.372. The summed E-state index contributed by atoms with van der Waals surface area (Å²) in [6, 6.07) is 20.7. The molecule has 0 saturated heterocycles. The smallest absolute Gasteiger partial charge is 0.262 e. The topological polar surface area (TPSA) is 67.4 Å². The molecule has 0 aliphatic heterocycles. The van der Waals surface area contributed by atoms with E-state index in [2.05, 4.69) is 57.4 Å². The maximum absolute atomic E-state index is 12.7. The summed E-state index contributed by atoms with van der Waals surface area (Å²) in [5, 5.41) is 6.01. The van der Waals surface area contributed by atoms with Gasteiger partial charge in [-0.2, -0.15) is 0 Å². The second-order valence-electron chi connectivity index (χ2n) is 8.95. The van der Waals surface area contributed by atoms with Crippen LogP contribution < -0.4 is 15.4 Å². The van der Waals surface area contributed by atoms with Crippen molar-refractivity contribution in [2.24, 2.45) is 0 Å². The normalized spacial score (nSPS) is 10.9.